The molecule has 2 N–H and O–H groups in total. The van der Waals surface area contributed by atoms with Crippen molar-refractivity contribution >= 4 is 11.2 Å². The summed E-state index contributed by atoms with van der Waals surface area (Å²) in [5.41, 5.74) is 2.78. The Bertz CT molecular complexity index is 821. The molecule has 5 nitrogen and oxygen atoms in total. The Morgan fingerprint density at radius 2 is 1.96 bits per heavy atom. The Labute approximate surface area is 135 Å². The van der Waals surface area contributed by atoms with Crippen molar-refractivity contribution in [2.75, 3.05) is 13.1 Å². The number of aromatic nitrogens is 3. The molecule has 3 heterocycles. The number of nitrogens with zero attached hydrogens (tertiary/aromatic N) is 3. The first-order valence-corrected chi connectivity index (χ1v) is 8.12. The van der Waals surface area contributed by atoms with Crippen molar-refractivity contribution in [3.63, 3.8) is 0 Å². The SMILES string of the molecule is Oc1ccccc1Cc1nc2cccnc2n1C1CCNCC1. The van der Waals surface area contributed by atoms with Crippen LogP contribution in [0.25, 0.3) is 11.2 Å². The quantitative estimate of drug-likeness (QED) is 0.781. The Morgan fingerprint density at radius 3 is 2.78 bits per heavy atom. The Balaban J connectivity index is 1.80. The number of phenols is 1. The van der Waals surface area contributed by atoms with Crippen LogP contribution in [0.5, 0.6) is 5.75 Å². The average molecular weight is 308 g/mol. The van der Waals surface area contributed by atoms with Crippen molar-refractivity contribution in [2.45, 2.75) is 25.3 Å². The first kappa shape index (κ1) is 14.2. The number of phenolic OH excluding ortho intramolecular Hbond substituents is 1. The minimum Gasteiger partial charge on any atom is -0.508 e. The summed E-state index contributed by atoms with van der Waals surface area (Å²) in [6.45, 7) is 2.04. The van der Waals surface area contributed by atoms with Gasteiger partial charge >= 0.3 is 0 Å². The summed E-state index contributed by atoms with van der Waals surface area (Å²) < 4.78 is 2.28. The topological polar surface area (TPSA) is 63.0 Å². The molecule has 1 saturated heterocycles. The Morgan fingerprint density at radius 1 is 1.13 bits per heavy atom. The van der Waals surface area contributed by atoms with Crippen LogP contribution >= 0.6 is 0 Å². The van der Waals surface area contributed by atoms with Gasteiger partial charge < -0.3 is 15.0 Å². The molecule has 4 rings (SSSR count). The molecule has 1 aliphatic heterocycles. The van der Waals surface area contributed by atoms with E-state index in [4.69, 9.17) is 4.98 Å². The van der Waals surface area contributed by atoms with Crippen LogP contribution in [-0.2, 0) is 6.42 Å². The van der Waals surface area contributed by atoms with Crippen molar-refractivity contribution in [2.24, 2.45) is 0 Å². The number of benzene rings is 1. The number of aromatic hydroxyl groups is 1. The smallest absolute Gasteiger partial charge is 0.160 e. The minimum absolute atomic E-state index is 0.323. The molecule has 0 amide bonds. The van der Waals surface area contributed by atoms with E-state index in [9.17, 15) is 5.11 Å². The third-order valence-electron chi connectivity index (χ3n) is 4.54. The van der Waals surface area contributed by atoms with Gasteiger partial charge in [-0.2, -0.15) is 0 Å². The molecule has 3 aromatic rings. The number of piperidine rings is 1. The average Bonchev–Trinajstić information content (AvgIpc) is 2.95. The van der Waals surface area contributed by atoms with Gasteiger partial charge in [0, 0.05) is 24.2 Å². The lowest BCUT2D eigenvalue weighted by atomic mass is 10.1. The number of pyridine rings is 1. The van der Waals surface area contributed by atoms with Crippen LogP contribution < -0.4 is 5.32 Å². The van der Waals surface area contributed by atoms with Crippen molar-refractivity contribution < 1.29 is 5.11 Å². The number of hydrogen-bond acceptors (Lipinski definition) is 4. The Kier molecular flexibility index (Phi) is 3.71. The number of para-hydroxylation sites is 1. The molecule has 0 aliphatic carbocycles. The van der Waals surface area contributed by atoms with Crippen LogP contribution in [0.1, 0.15) is 30.3 Å². The maximum atomic E-state index is 10.1. The highest BCUT2D eigenvalue weighted by Gasteiger charge is 2.22. The second kappa shape index (κ2) is 6.01. The summed E-state index contributed by atoms with van der Waals surface area (Å²) in [6, 6.07) is 11.8. The van der Waals surface area contributed by atoms with Gasteiger partial charge in [-0.15, -0.1) is 0 Å². The molecular formula is C18H20N4O. The van der Waals surface area contributed by atoms with Gasteiger partial charge in [0.05, 0.1) is 0 Å². The lowest BCUT2D eigenvalue weighted by Crippen LogP contribution is -2.30. The number of fused-ring (bicyclic) bond motifs is 1. The third kappa shape index (κ3) is 2.68. The van der Waals surface area contributed by atoms with E-state index in [-0.39, 0.29) is 0 Å². The van der Waals surface area contributed by atoms with Crippen LogP contribution in [0.15, 0.2) is 42.6 Å². The summed E-state index contributed by atoms with van der Waals surface area (Å²) in [4.78, 5) is 9.35. The summed E-state index contributed by atoms with van der Waals surface area (Å²) in [6.07, 6.45) is 4.60. The maximum Gasteiger partial charge on any atom is 0.160 e. The van der Waals surface area contributed by atoms with E-state index in [2.05, 4.69) is 14.9 Å². The zero-order valence-electron chi connectivity index (χ0n) is 12.9. The second-order valence-electron chi connectivity index (χ2n) is 6.03. The van der Waals surface area contributed by atoms with Gasteiger partial charge in [0.2, 0.25) is 0 Å². The van der Waals surface area contributed by atoms with Gasteiger partial charge in [0.25, 0.3) is 0 Å². The first-order valence-electron chi connectivity index (χ1n) is 8.12. The predicted molar refractivity (Wildman–Crippen MR) is 89.6 cm³/mol. The standard InChI is InChI=1S/C18H20N4O/c23-16-6-2-1-4-13(16)12-17-21-15-5-3-9-20-18(15)22(17)14-7-10-19-11-8-14/h1-6,9,14,19,23H,7-8,10-12H2. The van der Waals surface area contributed by atoms with Crippen LogP contribution in [0, 0.1) is 0 Å². The normalized spacial score (nSPS) is 16.0. The molecular weight excluding hydrogens is 288 g/mol. The molecule has 2 aromatic heterocycles. The molecule has 0 unspecified atom stereocenters. The Hall–Kier alpha value is -2.40. The minimum atomic E-state index is 0.323. The van der Waals surface area contributed by atoms with E-state index in [0.29, 0.717) is 18.2 Å². The molecule has 118 valence electrons. The van der Waals surface area contributed by atoms with Gasteiger partial charge in [0.1, 0.15) is 17.1 Å². The van der Waals surface area contributed by atoms with E-state index in [1.807, 2.05) is 36.5 Å². The van der Waals surface area contributed by atoms with Gasteiger partial charge in [0.15, 0.2) is 5.65 Å². The molecule has 1 fully saturated rings. The summed E-state index contributed by atoms with van der Waals surface area (Å²) in [7, 11) is 0. The molecule has 0 atom stereocenters. The first-order chi connectivity index (χ1) is 11.3. The van der Waals surface area contributed by atoms with E-state index in [1.165, 1.54) is 0 Å². The lowest BCUT2D eigenvalue weighted by Gasteiger charge is -2.26. The van der Waals surface area contributed by atoms with Crippen molar-refractivity contribution in [3.05, 3.63) is 54.0 Å². The fraction of sp³-hybridized carbons (Fsp3) is 0.333. The van der Waals surface area contributed by atoms with Crippen molar-refractivity contribution in [3.8, 4) is 5.75 Å². The molecule has 1 aliphatic rings. The molecule has 0 radical (unpaired) electrons. The predicted octanol–water partition coefficient (Wildman–Crippen LogP) is 2.65. The zero-order valence-corrected chi connectivity index (χ0v) is 12.9. The fourth-order valence-electron chi connectivity index (χ4n) is 3.38. The van der Waals surface area contributed by atoms with Gasteiger partial charge in [-0.25, -0.2) is 9.97 Å². The van der Waals surface area contributed by atoms with Crippen LogP contribution in [0.2, 0.25) is 0 Å². The fourth-order valence-corrected chi connectivity index (χ4v) is 3.38. The summed E-state index contributed by atoms with van der Waals surface area (Å²) >= 11 is 0. The van der Waals surface area contributed by atoms with Crippen LogP contribution in [0.4, 0.5) is 0 Å². The van der Waals surface area contributed by atoms with E-state index in [0.717, 1.165) is 48.5 Å². The molecule has 1 aromatic carbocycles. The summed E-state index contributed by atoms with van der Waals surface area (Å²) in [5.74, 6) is 1.30. The number of imidazole rings is 1. The van der Waals surface area contributed by atoms with Crippen molar-refractivity contribution in [1.29, 1.82) is 0 Å². The lowest BCUT2D eigenvalue weighted by molar-refractivity contribution is 0.366. The van der Waals surface area contributed by atoms with E-state index >= 15 is 0 Å². The maximum absolute atomic E-state index is 10.1. The number of nitrogens with one attached hydrogen (secondary N) is 1. The molecule has 0 spiro atoms. The van der Waals surface area contributed by atoms with Crippen LogP contribution in [0.3, 0.4) is 0 Å². The van der Waals surface area contributed by atoms with Crippen LogP contribution in [-0.4, -0.2) is 32.7 Å². The number of rotatable bonds is 3. The molecule has 0 bridgehead atoms. The molecule has 23 heavy (non-hydrogen) atoms. The highest BCUT2D eigenvalue weighted by Crippen LogP contribution is 2.28. The third-order valence-corrected chi connectivity index (χ3v) is 4.54. The highest BCUT2D eigenvalue weighted by atomic mass is 16.3. The highest BCUT2D eigenvalue weighted by molar-refractivity contribution is 5.71. The second-order valence-corrected chi connectivity index (χ2v) is 6.03. The van der Waals surface area contributed by atoms with E-state index < -0.39 is 0 Å². The van der Waals surface area contributed by atoms with Gasteiger partial charge in [-0.1, -0.05) is 18.2 Å². The summed E-state index contributed by atoms with van der Waals surface area (Å²) in [5, 5.41) is 13.5. The van der Waals surface area contributed by atoms with E-state index in [1.54, 1.807) is 6.07 Å². The largest absolute Gasteiger partial charge is 0.508 e. The molecule has 0 saturated carbocycles. The van der Waals surface area contributed by atoms with Crippen molar-refractivity contribution in [1.82, 2.24) is 19.9 Å². The monoisotopic (exact) mass is 308 g/mol. The van der Waals surface area contributed by atoms with Gasteiger partial charge in [-0.3, -0.25) is 0 Å². The van der Waals surface area contributed by atoms with Gasteiger partial charge in [-0.05, 0) is 44.1 Å². The number of hydrogen-bond donors (Lipinski definition) is 2. The molecule has 5 heteroatoms. The zero-order chi connectivity index (χ0) is 15.6.